The molecule has 20 heavy (non-hydrogen) atoms. The van der Waals surface area contributed by atoms with Crippen molar-refractivity contribution in [2.24, 2.45) is 5.73 Å². The highest BCUT2D eigenvalue weighted by atomic mass is 32.2. The second-order valence-corrected chi connectivity index (χ2v) is 7.57. The molecule has 0 aromatic heterocycles. The molecule has 4 nitrogen and oxygen atoms in total. The van der Waals surface area contributed by atoms with E-state index in [0.717, 1.165) is 0 Å². The summed E-state index contributed by atoms with van der Waals surface area (Å²) in [4.78, 5) is 0. The van der Waals surface area contributed by atoms with Crippen molar-refractivity contribution >= 4 is 9.84 Å². The van der Waals surface area contributed by atoms with Crippen molar-refractivity contribution in [3.05, 3.63) is 35.6 Å². The second-order valence-electron chi connectivity index (χ2n) is 5.15. The number of benzene rings is 1. The monoisotopic (exact) mass is 301 g/mol. The molecule has 1 aromatic carbocycles. The van der Waals surface area contributed by atoms with Crippen LogP contribution in [0, 0.1) is 5.82 Å². The highest BCUT2D eigenvalue weighted by molar-refractivity contribution is 7.92. The lowest BCUT2D eigenvalue weighted by Gasteiger charge is -2.12. The summed E-state index contributed by atoms with van der Waals surface area (Å²) in [5.74, 6) is -0.773. The summed E-state index contributed by atoms with van der Waals surface area (Å²) >= 11 is 0. The van der Waals surface area contributed by atoms with Gasteiger partial charge in [-0.05, 0) is 24.6 Å². The van der Waals surface area contributed by atoms with Gasteiger partial charge in [-0.1, -0.05) is 19.1 Å². The number of sulfone groups is 1. The summed E-state index contributed by atoms with van der Waals surface area (Å²) in [6, 6.07) is 5.96. The summed E-state index contributed by atoms with van der Waals surface area (Å²) < 4.78 is 43.0. The number of hydrogen-bond acceptors (Lipinski definition) is 4. The molecule has 1 aliphatic carbocycles. The van der Waals surface area contributed by atoms with E-state index in [-0.39, 0.29) is 18.2 Å². The zero-order chi connectivity index (χ0) is 15.0. The first-order valence-electron chi connectivity index (χ1n) is 6.70. The molecule has 0 spiro atoms. The SMILES string of the molecule is CCOC[C@]1(N)[C@@H](c2cccc(F)c2)[C@@H]1S(=O)(=O)CC. The van der Waals surface area contributed by atoms with E-state index in [0.29, 0.717) is 12.2 Å². The zero-order valence-electron chi connectivity index (χ0n) is 11.7. The Balaban J connectivity index is 2.35. The third-order valence-corrected chi connectivity index (χ3v) is 6.15. The van der Waals surface area contributed by atoms with Gasteiger partial charge in [0.05, 0.1) is 17.4 Å². The molecule has 2 N–H and O–H groups in total. The van der Waals surface area contributed by atoms with E-state index in [2.05, 4.69) is 0 Å². The molecule has 0 saturated heterocycles. The number of nitrogens with two attached hydrogens (primary N) is 1. The summed E-state index contributed by atoms with van der Waals surface area (Å²) in [7, 11) is -3.30. The lowest BCUT2D eigenvalue weighted by molar-refractivity contribution is 0.125. The van der Waals surface area contributed by atoms with Crippen molar-refractivity contribution in [2.45, 2.75) is 30.6 Å². The Labute approximate surface area is 119 Å². The quantitative estimate of drug-likeness (QED) is 0.863. The minimum Gasteiger partial charge on any atom is -0.380 e. The molecule has 2 rings (SSSR count). The minimum atomic E-state index is -3.30. The second kappa shape index (κ2) is 5.42. The molecule has 1 aromatic rings. The lowest BCUT2D eigenvalue weighted by Crippen LogP contribution is -2.36. The van der Waals surface area contributed by atoms with Gasteiger partial charge in [-0.25, -0.2) is 12.8 Å². The first kappa shape index (κ1) is 15.4. The largest absolute Gasteiger partial charge is 0.380 e. The van der Waals surface area contributed by atoms with Crippen LogP contribution in [0.1, 0.15) is 25.3 Å². The van der Waals surface area contributed by atoms with Crippen LogP contribution in [0.4, 0.5) is 4.39 Å². The molecule has 112 valence electrons. The summed E-state index contributed by atoms with van der Waals surface area (Å²) in [5.41, 5.74) is 5.90. The van der Waals surface area contributed by atoms with Crippen molar-refractivity contribution in [3.63, 3.8) is 0 Å². The predicted octanol–water partition coefficient (Wildman–Crippen LogP) is 1.46. The van der Waals surface area contributed by atoms with Gasteiger partial charge >= 0.3 is 0 Å². The summed E-state index contributed by atoms with van der Waals surface area (Å²) in [6.07, 6.45) is 0. The molecule has 0 heterocycles. The lowest BCUT2D eigenvalue weighted by atomic mass is 10.1. The van der Waals surface area contributed by atoms with Crippen molar-refractivity contribution < 1.29 is 17.5 Å². The zero-order valence-corrected chi connectivity index (χ0v) is 12.5. The van der Waals surface area contributed by atoms with E-state index in [1.54, 1.807) is 19.1 Å². The number of rotatable bonds is 6. The molecule has 0 unspecified atom stereocenters. The highest BCUT2D eigenvalue weighted by Gasteiger charge is 2.68. The van der Waals surface area contributed by atoms with E-state index in [1.807, 2.05) is 6.92 Å². The average Bonchev–Trinajstić information content (AvgIpc) is 3.04. The van der Waals surface area contributed by atoms with Gasteiger partial charge in [0.2, 0.25) is 0 Å². The standard InChI is InChI=1S/C14H20FNO3S/c1-3-19-9-14(16)12(13(14)20(17,18)4-2)10-6-5-7-11(15)8-10/h5-8,12-13H,3-4,9,16H2,1-2H3/t12-,13-,14-/m0/s1. The van der Waals surface area contributed by atoms with Crippen LogP contribution >= 0.6 is 0 Å². The molecule has 1 saturated carbocycles. The highest BCUT2D eigenvalue weighted by Crippen LogP contribution is 2.54. The van der Waals surface area contributed by atoms with Gasteiger partial charge in [0.1, 0.15) is 5.82 Å². The Morgan fingerprint density at radius 3 is 2.65 bits per heavy atom. The van der Waals surface area contributed by atoms with Crippen molar-refractivity contribution in [2.75, 3.05) is 19.0 Å². The minimum absolute atomic E-state index is 0.0224. The fourth-order valence-electron chi connectivity index (χ4n) is 2.78. The van der Waals surface area contributed by atoms with Crippen LogP contribution in [0.3, 0.4) is 0 Å². The fourth-order valence-corrected chi connectivity index (χ4v) is 4.77. The number of halogens is 1. The Kier molecular flexibility index (Phi) is 4.18. The van der Waals surface area contributed by atoms with Gasteiger partial charge in [-0.2, -0.15) is 0 Å². The van der Waals surface area contributed by atoms with Crippen LogP contribution in [0.2, 0.25) is 0 Å². The van der Waals surface area contributed by atoms with Crippen LogP contribution in [0.5, 0.6) is 0 Å². The van der Waals surface area contributed by atoms with E-state index in [9.17, 15) is 12.8 Å². The van der Waals surface area contributed by atoms with Crippen LogP contribution < -0.4 is 5.73 Å². The number of ether oxygens (including phenoxy) is 1. The van der Waals surface area contributed by atoms with Gasteiger partial charge in [0.25, 0.3) is 0 Å². The normalized spacial score (nSPS) is 29.4. The van der Waals surface area contributed by atoms with E-state index < -0.39 is 26.5 Å². The Morgan fingerprint density at radius 2 is 2.10 bits per heavy atom. The first-order valence-corrected chi connectivity index (χ1v) is 8.42. The van der Waals surface area contributed by atoms with Crippen LogP contribution in [-0.4, -0.2) is 38.2 Å². The third-order valence-electron chi connectivity index (χ3n) is 3.86. The number of hydrogen-bond donors (Lipinski definition) is 1. The Bertz CT molecular complexity index is 590. The average molecular weight is 301 g/mol. The van der Waals surface area contributed by atoms with Gasteiger partial charge in [0, 0.05) is 18.3 Å². The molecule has 0 bridgehead atoms. The summed E-state index contributed by atoms with van der Waals surface area (Å²) in [5, 5.41) is -0.701. The molecular formula is C14H20FNO3S. The molecular weight excluding hydrogens is 281 g/mol. The van der Waals surface area contributed by atoms with Gasteiger partial charge in [-0.15, -0.1) is 0 Å². The topological polar surface area (TPSA) is 69.4 Å². The van der Waals surface area contributed by atoms with E-state index >= 15 is 0 Å². The van der Waals surface area contributed by atoms with Crippen molar-refractivity contribution in [1.29, 1.82) is 0 Å². The van der Waals surface area contributed by atoms with E-state index in [1.165, 1.54) is 12.1 Å². The van der Waals surface area contributed by atoms with Gasteiger partial charge < -0.3 is 10.5 Å². The van der Waals surface area contributed by atoms with Crippen LogP contribution in [0.25, 0.3) is 0 Å². The van der Waals surface area contributed by atoms with Gasteiger partial charge in [0.15, 0.2) is 9.84 Å². The predicted molar refractivity (Wildman–Crippen MR) is 75.8 cm³/mol. The maximum Gasteiger partial charge on any atom is 0.155 e. The Morgan fingerprint density at radius 1 is 1.40 bits per heavy atom. The summed E-state index contributed by atoms with van der Waals surface area (Å²) in [6.45, 7) is 4.05. The molecule has 0 amide bonds. The molecule has 6 heteroatoms. The molecule has 3 atom stereocenters. The van der Waals surface area contributed by atoms with Crippen LogP contribution in [-0.2, 0) is 14.6 Å². The van der Waals surface area contributed by atoms with E-state index in [4.69, 9.17) is 10.5 Å². The maximum atomic E-state index is 13.3. The fraction of sp³-hybridized carbons (Fsp3) is 0.571. The molecule has 1 fully saturated rings. The third kappa shape index (κ3) is 2.60. The molecule has 1 aliphatic rings. The maximum absolute atomic E-state index is 13.3. The first-order chi connectivity index (χ1) is 9.36. The smallest absolute Gasteiger partial charge is 0.155 e. The van der Waals surface area contributed by atoms with Crippen molar-refractivity contribution in [1.82, 2.24) is 0 Å². The molecule has 0 radical (unpaired) electrons. The molecule has 0 aliphatic heterocycles. The van der Waals surface area contributed by atoms with Crippen LogP contribution in [0.15, 0.2) is 24.3 Å². The Hall–Kier alpha value is -0.980. The van der Waals surface area contributed by atoms with Gasteiger partial charge in [-0.3, -0.25) is 0 Å². The van der Waals surface area contributed by atoms with Crippen molar-refractivity contribution in [3.8, 4) is 0 Å².